The highest BCUT2D eigenvalue weighted by Gasteiger charge is 2.41. The Morgan fingerprint density at radius 2 is 1.98 bits per heavy atom. The molecule has 2 atom stereocenters. The van der Waals surface area contributed by atoms with Gasteiger partial charge in [-0.05, 0) is 61.6 Å². The van der Waals surface area contributed by atoms with Crippen LogP contribution in [0.2, 0.25) is 0 Å². The Morgan fingerprint density at radius 1 is 1.18 bits per heavy atom. The van der Waals surface area contributed by atoms with Gasteiger partial charge in [0.2, 0.25) is 5.91 Å². The van der Waals surface area contributed by atoms with Crippen molar-refractivity contribution in [1.82, 2.24) is 15.2 Å². The van der Waals surface area contributed by atoms with E-state index in [-0.39, 0.29) is 24.1 Å². The number of rotatable bonds is 9. The number of nitrogens with zero attached hydrogens (tertiary/aromatic N) is 3. The molecule has 3 heterocycles. The van der Waals surface area contributed by atoms with E-state index in [0.717, 1.165) is 16.9 Å². The molecule has 10 nitrogen and oxygen atoms in total. The summed E-state index contributed by atoms with van der Waals surface area (Å²) in [4.78, 5) is 30.0. The number of hydrogen-bond acceptors (Lipinski definition) is 7. The van der Waals surface area contributed by atoms with E-state index in [9.17, 15) is 14.9 Å². The van der Waals surface area contributed by atoms with Crippen LogP contribution >= 0.6 is 12.2 Å². The van der Waals surface area contributed by atoms with E-state index in [2.05, 4.69) is 15.6 Å². The van der Waals surface area contributed by atoms with Crippen molar-refractivity contribution in [2.45, 2.75) is 25.4 Å². The Hall–Kier alpha value is -4.77. The van der Waals surface area contributed by atoms with Gasteiger partial charge in [-0.2, -0.15) is 0 Å². The molecule has 0 spiro atoms. The zero-order valence-electron chi connectivity index (χ0n) is 21.9. The highest BCUT2D eigenvalue weighted by Crippen LogP contribution is 2.42. The first-order chi connectivity index (χ1) is 19.3. The van der Waals surface area contributed by atoms with Crippen molar-refractivity contribution < 1.29 is 18.9 Å². The molecule has 0 unspecified atom stereocenters. The fraction of sp³-hybridized carbons (Fsp3) is 0.207. The van der Waals surface area contributed by atoms with Gasteiger partial charge in [-0.25, -0.2) is 0 Å². The van der Waals surface area contributed by atoms with E-state index in [1.807, 2.05) is 60.4 Å². The fourth-order valence-electron chi connectivity index (χ4n) is 4.69. The van der Waals surface area contributed by atoms with E-state index in [0.29, 0.717) is 34.5 Å². The Labute approximate surface area is 236 Å². The summed E-state index contributed by atoms with van der Waals surface area (Å²) in [6, 6.07) is 20.5. The number of benzene rings is 2. The van der Waals surface area contributed by atoms with Gasteiger partial charge < -0.3 is 24.7 Å². The standard InChI is InChI=1S/C29H27N5O5S/c1-18-6-8-19(9-7-18)31-26(35)14-16-33-28(27(32-29(33)40)22-5-3-4-15-30-22)24-13-12-23(39-24)21-11-10-20(34(36)37)17-25(21)38-2/h3-13,15,17,27-28H,14,16H2,1-2H3,(H,31,35)(H,32,40)/t27-,28+/m0/s1. The Kier molecular flexibility index (Phi) is 7.74. The summed E-state index contributed by atoms with van der Waals surface area (Å²) in [7, 11) is 1.45. The number of carbonyl (C=O) groups is 1. The lowest BCUT2D eigenvalue weighted by atomic mass is 10.0. The summed E-state index contributed by atoms with van der Waals surface area (Å²) in [6.45, 7) is 2.33. The second-order valence-corrected chi connectivity index (χ2v) is 9.71. The molecule has 1 aliphatic rings. The summed E-state index contributed by atoms with van der Waals surface area (Å²) < 4.78 is 11.7. The van der Waals surface area contributed by atoms with Crippen LogP contribution in [-0.4, -0.2) is 39.5 Å². The van der Waals surface area contributed by atoms with E-state index in [4.69, 9.17) is 21.4 Å². The van der Waals surface area contributed by atoms with Crippen LogP contribution in [-0.2, 0) is 4.79 Å². The van der Waals surface area contributed by atoms with Crippen LogP contribution in [0.3, 0.4) is 0 Å². The van der Waals surface area contributed by atoms with Crippen molar-refractivity contribution in [1.29, 1.82) is 0 Å². The number of aryl methyl sites for hydroxylation is 1. The predicted octanol–water partition coefficient (Wildman–Crippen LogP) is 5.57. The molecule has 204 valence electrons. The van der Waals surface area contributed by atoms with Crippen molar-refractivity contribution in [2.75, 3.05) is 19.0 Å². The molecule has 0 radical (unpaired) electrons. The molecule has 1 aliphatic heterocycles. The normalized spacial score (nSPS) is 16.4. The van der Waals surface area contributed by atoms with Gasteiger partial charge in [0.25, 0.3) is 5.69 Å². The minimum atomic E-state index is -0.477. The van der Waals surface area contributed by atoms with Gasteiger partial charge in [-0.3, -0.25) is 19.9 Å². The maximum Gasteiger partial charge on any atom is 0.273 e. The molecule has 0 bridgehead atoms. The van der Waals surface area contributed by atoms with Crippen LogP contribution in [0.5, 0.6) is 5.75 Å². The van der Waals surface area contributed by atoms with Crippen molar-refractivity contribution >= 4 is 34.6 Å². The molecule has 5 rings (SSSR count). The van der Waals surface area contributed by atoms with Gasteiger partial charge in [0, 0.05) is 30.9 Å². The second kappa shape index (κ2) is 11.5. The Balaban J connectivity index is 1.42. The fourth-order valence-corrected chi connectivity index (χ4v) is 5.02. The summed E-state index contributed by atoms with van der Waals surface area (Å²) in [6.07, 6.45) is 1.91. The summed E-state index contributed by atoms with van der Waals surface area (Å²) in [5.74, 6) is 1.26. The summed E-state index contributed by atoms with van der Waals surface area (Å²) in [5.41, 5.74) is 3.11. The molecule has 1 fully saturated rings. The van der Waals surface area contributed by atoms with Crippen molar-refractivity contribution in [3.05, 3.63) is 106 Å². The van der Waals surface area contributed by atoms with Gasteiger partial charge >= 0.3 is 0 Å². The maximum absolute atomic E-state index is 12.8. The molecule has 0 aliphatic carbocycles. The molecule has 2 aromatic heterocycles. The number of hydrogen-bond donors (Lipinski definition) is 2. The number of furan rings is 1. The number of nitro groups is 1. The largest absolute Gasteiger partial charge is 0.496 e. The molecule has 1 amide bonds. The van der Waals surface area contributed by atoms with Crippen LogP contribution in [0.1, 0.15) is 35.5 Å². The van der Waals surface area contributed by atoms with Crippen molar-refractivity contribution in [2.24, 2.45) is 0 Å². The van der Waals surface area contributed by atoms with Gasteiger partial charge in [0.15, 0.2) is 5.11 Å². The minimum Gasteiger partial charge on any atom is -0.496 e. The van der Waals surface area contributed by atoms with Crippen LogP contribution in [0.25, 0.3) is 11.3 Å². The summed E-state index contributed by atoms with van der Waals surface area (Å²) >= 11 is 5.70. The van der Waals surface area contributed by atoms with Gasteiger partial charge in [0.05, 0.1) is 35.4 Å². The monoisotopic (exact) mass is 557 g/mol. The van der Waals surface area contributed by atoms with Gasteiger partial charge in [-0.15, -0.1) is 0 Å². The zero-order valence-corrected chi connectivity index (χ0v) is 22.7. The third kappa shape index (κ3) is 5.64. The lowest BCUT2D eigenvalue weighted by Gasteiger charge is -2.25. The Morgan fingerprint density at radius 3 is 2.67 bits per heavy atom. The quantitative estimate of drug-likeness (QED) is 0.154. The number of carbonyl (C=O) groups excluding carboxylic acids is 1. The number of anilines is 1. The maximum atomic E-state index is 12.8. The number of aromatic nitrogens is 1. The van der Waals surface area contributed by atoms with E-state index >= 15 is 0 Å². The zero-order chi connectivity index (χ0) is 28.2. The summed E-state index contributed by atoms with van der Waals surface area (Å²) in [5, 5.41) is 18.0. The number of thiocarbonyl (C=S) groups is 1. The lowest BCUT2D eigenvalue weighted by Crippen LogP contribution is -2.32. The molecular weight excluding hydrogens is 530 g/mol. The smallest absolute Gasteiger partial charge is 0.273 e. The van der Waals surface area contributed by atoms with Crippen molar-refractivity contribution in [3.63, 3.8) is 0 Å². The number of ether oxygens (including phenoxy) is 1. The molecule has 4 aromatic rings. The molecule has 2 aromatic carbocycles. The first-order valence-electron chi connectivity index (χ1n) is 12.6. The SMILES string of the molecule is COc1cc([N+](=O)[O-])ccc1-c1ccc([C@@H]2[C@H](c3ccccn3)NC(=S)N2CCC(=O)Nc2ccc(C)cc2)o1. The van der Waals surface area contributed by atoms with E-state index < -0.39 is 11.0 Å². The molecule has 40 heavy (non-hydrogen) atoms. The predicted molar refractivity (Wildman–Crippen MR) is 154 cm³/mol. The first kappa shape index (κ1) is 26.8. The van der Waals surface area contributed by atoms with Gasteiger partial charge in [-0.1, -0.05) is 23.8 Å². The van der Waals surface area contributed by atoms with Crippen LogP contribution in [0.4, 0.5) is 11.4 Å². The van der Waals surface area contributed by atoms with E-state index in [1.54, 1.807) is 18.3 Å². The number of nitro benzene ring substituents is 1. The Bertz CT molecular complexity index is 1540. The molecule has 2 N–H and O–H groups in total. The first-order valence-corrected chi connectivity index (χ1v) is 13.0. The average molecular weight is 558 g/mol. The second-order valence-electron chi connectivity index (χ2n) is 9.33. The molecule has 1 saturated heterocycles. The average Bonchev–Trinajstić information content (AvgIpc) is 3.57. The van der Waals surface area contributed by atoms with E-state index in [1.165, 1.54) is 19.2 Å². The topological polar surface area (TPSA) is 123 Å². The van der Waals surface area contributed by atoms with Gasteiger partial charge in [0.1, 0.15) is 23.3 Å². The number of amides is 1. The number of pyridine rings is 1. The lowest BCUT2D eigenvalue weighted by molar-refractivity contribution is -0.384. The van der Waals surface area contributed by atoms with Crippen molar-refractivity contribution in [3.8, 4) is 17.1 Å². The highest BCUT2D eigenvalue weighted by molar-refractivity contribution is 7.80. The third-order valence-electron chi connectivity index (χ3n) is 6.69. The number of non-ortho nitro benzene ring substituents is 1. The van der Waals surface area contributed by atoms with Crippen LogP contribution in [0.15, 0.2) is 83.4 Å². The highest BCUT2D eigenvalue weighted by atomic mass is 32.1. The molecule has 0 saturated carbocycles. The van der Waals surface area contributed by atoms with Crippen LogP contribution < -0.4 is 15.4 Å². The molecular formula is C29H27N5O5S. The number of methoxy groups -OCH3 is 1. The third-order valence-corrected chi connectivity index (χ3v) is 7.04. The molecule has 11 heteroatoms. The van der Waals surface area contributed by atoms with Crippen LogP contribution in [0, 0.1) is 17.0 Å². The number of nitrogens with one attached hydrogen (secondary N) is 2. The minimum absolute atomic E-state index is 0.0805.